The summed E-state index contributed by atoms with van der Waals surface area (Å²) in [5.74, 6) is 0.636. The third-order valence-electron chi connectivity index (χ3n) is 11.5. The van der Waals surface area contributed by atoms with E-state index >= 15 is 0 Å². The summed E-state index contributed by atoms with van der Waals surface area (Å²) in [7, 11) is 0. The highest BCUT2D eigenvalue weighted by atomic mass is 16.3. The number of aromatic nitrogens is 2. The van der Waals surface area contributed by atoms with Crippen LogP contribution in [-0.2, 0) is 0 Å². The smallest absolute Gasteiger partial charge is 0.160 e. The Morgan fingerprint density at radius 3 is 1.82 bits per heavy atom. The van der Waals surface area contributed by atoms with Crippen molar-refractivity contribution in [3.05, 3.63) is 240 Å². The Hall–Kier alpha value is -8.41. The van der Waals surface area contributed by atoms with Gasteiger partial charge < -0.3 is 9.73 Å². The minimum absolute atomic E-state index is 0.453. The molecular weight excluding hydrogens is 757 g/mol. The maximum Gasteiger partial charge on any atom is 0.160 e. The van der Waals surface area contributed by atoms with E-state index in [1.165, 1.54) is 0 Å². The molecule has 0 aliphatic carbocycles. The van der Waals surface area contributed by atoms with Crippen molar-refractivity contribution in [3.8, 4) is 45.0 Å². The molecule has 0 fully saturated rings. The highest BCUT2D eigenvalue weighted by Crippen LogP contribution is 2.39. The van der Waals surface area contributed by atoms with Crippen LogP contribution in [0.15, 0.2) is 217 Å². The van der Waals surface area contributed by atoms with Gasteiger partial charge in [0, 0.05) is 55.4 Å². The Balaban J connectivity index is 0.987. The van der Waals surface area contributed by atoms with Crippen molar-refractivity contribution >= 4 is 50.7 Å². The zero-order valence-corrected chi connectivity index (χ0v) is 33.6. The number of fused-ring (bicyclic) bond motifs is 4. The second-order valence-corrected chi connectivity index (χ2v) is 15.4. The lowest BCUT2D eigenvalue weighted by Crippen LogP contribution is -2.20. The van der Waals surface area contributed by atoms with Gasteiger partial charge >= 0.3 is 0 Å². The first-order chi connectivity index (χ1) is 30.6. The lowest BCUT2D eigenvalue weighted by Gasteiger charge is -2.26. The summed E-state index contributed by atoms with van der Waals surface area (Å²) in [4.78, 5) is 10.4. The fourth-order valence-corrected chi connectivity index (χ4v) is 8.46. The summed E-state index contributed by atoms with van der Waals surface area (Å²) >= 11 is 0. The van der Waals surface area contributed by atoms with Crippen molar-refractivity contribution in [2.24, 2.45) is 0 Å². The van der Waals surface area contributed by atoms with Crippen LogP contribution in [0.4, 0.5) is 0 Å². The molecule has 3 heterocycles. The number of nitrogens with one attached hydrogen (secondary N) is 2. The van der Waals surface area contributed by atoms with E-state index < -0.39 is 0 Å². The average molecular weight is 795 g/mol. The van der Waals surface area contributed by atoms with Crippen LogP contribution >= 0.6 is 0 Å². The van der Waals surface area contributed by atoms with Gasteiger partial charge in [-0.1, -0.05) is 194 Å². The maximum absolute atomic E-state index is 9.53. The Morgan fingerprint density at radius 2 is 1.03 bits per heavy atom. The summed E-state index contributed by atoms with van der Waals surface area (Å²) in [6.07, 6.45) is 2.19. The minimum Gasteiger partial charge on any atom is -0.455 e. The molecule has 5 nitrogen and oxygen atoms in total. The largest absolute Gasteiger partial charge is 0.455 e. The van der Waals surface area contributed by atoms with Crippen molar-refractivity contribution in [3.63, 3.8) is 0 Å². The molecule has 5 heteroatoms. The van der Waals surface area contributed by atoms with Gasteiger partial charge in [0.15, 0.2) is 5.82 Å². The van der Waals surface area contributed by atoms with Gasteiger partial charge in [-0.2, -0.15) is 0 Å². The lowest BCUT2D eigenvalue weighted by atomic mass is 9.88. The van der Waals surface area contributed by atoms with Gasteiger partial charge in [0.1, 0.15) is 11.2 Å². The van der Waals surface area contributed by atoms with Crippen LogP contribution < -0.4 is 5.32 Å². The van der Waals surface area contributed by atoms with E-state index in [1.54, 1.807) is 0 Å². The molecule has 2 aromatic heterocycles. The normalized spacial score (nSPS) is 13.0. The molecule has 1 aliphatic rings. The van der Waals surface area contributed by atoms with Crippen LogP contribution in [0.1, 0.15) is 27.8 Å². The van der Waals surface area contributed by atoms with Gasteiger partial charge in [-0.05, 0) is 46.5 Å². The third kappa shape index (κ3) is 6.78. The summed E-state index contributed by atoms with van der Waals surface area (Å²) in [6.45, 7) is 0. The van der Waals surface area contributed by atoms with Crippen LogP contribution in [0.3, 0.4) is 0 Å². The van der Waals surface area contributed by atoms with Crippen molar-refractivity contribution in [1.82, 2.24) is 15.3 Å². The zero-order valence-electron chi connectivity index (χ0n) is 33.6. The average Bonchev–Trinajstić information content (AvgIpc) is 3.74. The molecule has 0 saturated carbocycles. The van der Waals surface area contributed by atoms with E-state index in [0.29, 0.717) is 11.5 Å². The van der Waals surface area contributed by atoms with Crippen LogP contribution in [0, 0.1) is 5.41 Å². The Morgan fingerprint density at radius 1 is 0.452 bits per heavy atom. The topological polar surface area (TPSA) is 74.8 Å². The SMILES string of the molecule is N=C(/C(=C1\NC(c2ccc(-c3nc(-c4ccccc4)cc(-c4cccc(-c5cccc6c5oc5ccccc56)c4)n3)cc2)=Cc2ccccc21)c1ccccc1)c1ccccc1. The van der Waals surface area contributed by atoms with Crippen LogP contribution in [0.25, 0.3) is 90.0 Å². The summed E-state index contributed by atoms with van der Waals surface area (Å²) in [5, 5.41) is 15.5. The number of rotatable bonds is 8. The van der Waals surface area contributed by atoms with E-state index in [2.05, 4.69) is 145 Å². The van der Waals surface area contributed by atoms with Crippen molar-refractivity contribution in [1.29, 1.82) is 5.41 Å². The number of hydrogen-bond acceptors (Lipinski definition) is 5. The summed E-state index contributed by atoms with van der Waals surface area (Å²) < 4.78 is 6.43. The second-order valence-electron chi connectivity index (χ2n) is 15.4. The van der Waals surface area contributed by atoms with Crippen molar-refractivity contribution in [2.75, 3.05) is 0 Å². The fraction of sp³-hybridized carbons (Fsp3) is 0. The monoisotopic (exact) mass is 794 g/mol. The molecule has 0 radical (unpaired) electrons. The predicted molar refractivity (Wildman–Crippen MR) is 255 cm³/mol. The first-order valence-corrected chi connectivity index (χ1v) is 20.7. The third-order valence-corrected chi connectivity index (χ3v) is 11.5. The van der Waals surface area contributed by atoms with Gasteiger partial charge in [0.25, 0.3) is 0 Å². The van der Waals surface area contributed by atoms with Gasteiger partial charge in [-0.3, -0.25) is 5.41 Å². The minimum atomic E-state index is 0.453. The van der Waals surface area contributed by atoms with Crippen LogP contribution in [0.5, 0.6) is 0 Å². The number of benzene rings is 8. The second kappa shape index (κ2) is 15.6. The molecule has 8 aromatic carbocycles. The predicted octanol–water partition coefficient (Wildman–Crippen LogP) is 14.1. The number of nitrogens with zero attached hydrogens (tertiary/aromatic N) is 2. The summed E-state index contributed by atoms with van der Waals surface area (Å²) in [6, 6.07) is 72.4. The molecule has 0 spiro atoms. The number of hydrogen-bond donors (Lipinski definition) is 2. The molecule has 0 unspecified atom stereocenters. The molecule has 11 rings (SSSR count). The van der Waals surface area contributed by atoms with Crippen molar-refractivity contribution < 1.29 is 4.42 Å². The standard InChI is InChI=1S/C57H38N4O/c58-54(40-20-8-3-9-21-40)53(39-18-6-2-7-19-39)55-45-25-11-10-22-43(45)35-49(59-55)38-30-32-41(33-31-38)57-60-50(37-16-4-1-5-17-37)36-51(61-57)44-24-14-23-42(34-44)46-27-15-28-48-47-26-12-13-29-52(47)62-56(46)48/h1-36,58-59H/b55-53-,58-54?. The molecule has 0 saturated heterocycles. The van der Waals surface area contributed by atoms with E-state index in [9.17, 15) is 5.41 Å². The molecule has 0 bridgehead atoms. The van der Waals surface area contributed by atoms with Gasteiger partial charge in [-0.15, -0.1) is 0 Å². The molecule has 0 amide bonds. The van der Waals surface area contributed by atoms with Gasteiger partial charge in [-0.25, -0.2) is 9.97 Å². The quantitative estimate of drug-likeness (QED) is 0.150. The first-order valence-electron chi connectivity index (χ1n) is 20.7. The van der Waals surface area contributed by atoms with E-state index in [4.69, 9.17) is 14.4 Å². The Labute approximate surface area is 359 Å². The number of allylic oxidation sites excluding steroid dienone is 1. The zero-order chi connectivity index (χ0) is 41.4. The number of furan rings is 1. The molecule has 1 aliphatic heterocycles. The van der Waals surface area contributed by atoms with Gasteiger partial charge in [0.2, 0.25) is 0 Å². The Bertz CT molecular complexity index is 3370. The maximum atomic E-state index is 9.53. The molecular formula is C57H38N4O. The van der Waals surface area contributed by atoms with Crippen LogP contribution in [0.2, 0.25) is 0 Å². The lowest BCUT2D eigenvalue weighted by molar-refractivity contribution is 0.670. The molecule has 292 valence electrons. The molecule has 10 aromatic rings. The number of para-hydroxylation sites is 2. The van der Waals surface area contributed by atoms with Crippen LogP contribution in [-0.4, -0.2) is 15.7 Å². The molecule has 2 N–H and O–H groups in total. The van der Waals surface area contributed by atoms with E-state index in [1.807, 2.05) is 78.9 Å². The highest BCUT2D eigenvalue weighted by molar-refractivity contribution is 6.36. The van der Waals surface area contributed by atoms with E-state index in [0.717, 1.165) is 106 Å². The summed E-state index contributed by atoms with van der Waals surface area (Å²) in [5.41, 5.74) is 16.5. The van der Waals surface area contributed by atoms with Gasteiger partial charge in [0.05, 0.1) is 22.8 Å². The highest BCUT2D eigenvalue weighted by Gasteiger charge is 2.24. The first kappa shape index (κ1) is 36.7. The van der Waals surface area contributed by atoms with Crippen molar-refractivity contribution in [2.45, 2.75) is 0 Å². The Kier molecular flexibility index (Phi) is 9.25. The fourth-order valence-electron chi connectivity index (χ4n) is 8.46. The molecule has 62 heavy (non-hydrogen) atoms. The molecule has 0 atom stereocenters. The van der Waals surface area contributed by atoms with E-state index in [-0.39, 0.29) is 0 Å².